The Kier molecular flexibility index (Phi) is 7.05. The molecule has 0 fully saturated rings. The number of hydrogen-bond acceptors (Lipinski definition) is 4. The number of nitrogens with zero attached hydrogens (tertiary/aromatic N) is 2. The highest BCUT2D eigenvalue weighted by atomic mass is 35.5. The second kappa shape index (κ2) is 9.03. The summed E-state index contributed by atoms with van der Waals surface area (Å²) in [5, 5.41) is 8.21. The van der Waals surface area contributed by atoms with Gasteiger partial charge in [-0.2, -0.15) is 5.10 Å². The van der Waals surface area contributed by atoms with E-state index >= 15 is 0 Å². The lowest BCUT2D eigenvalue weighted by atomic mass is 10.1. The number of ether oxygens (including phenoxy) is 2. The Morgan fingerprint density at radius 2 is 2.12 bits per heavy atom. The van der Waals surface area contributed by atoms with Crippen molar-refractivity contribution < 1.29 is 14.3 Å². The number of amides is 1. The van der Waals surface area contributed by atoms with E-state index in [1.807, 2.05) is 6.92 Å². The first-order valence-corrected chi connectivity index (χ1v) is 8.13. The van der Waals surface area contributed by atoms with Crippen molar-refractivity contribution in [3.63, 3.8) is 0 Å². The van der Waals surface area contributed by atoms with Crippen LogP contribution in [0.3, 0.4) is 0 Å². The highest BCUT2D eigenvalue weighted by Crippen LogP contribution is 2.30. The number of nitrogens with one attached hydrogen (secondary N) is 1. The zero-order chi connectivity index (χ0) is 17.5. The zero-order valence-electron chi connectivity index (χ0n) is 13.5. The van der Waals surface area contributed by atoms with Crippen molar-refractivity contribution in [2.24, 2.45) is 0 Å². The Morgan fingerprint density at radius 3 is 2.88 bits per heavy atom. The predicted molar refractivity (Wildman–Crippen MR) is 93.8 cm³/mol. The average molecular weight is 372 g/mol. The summed E-state index contributed by atoms with van der Waals surface area (Å²) in [5.74, 6) is 0.288. The summed E-state index contributed by atoms with van der Waals surface area (Å²) in [5.41, 5.74) is 0.819. The van der Waals surface area contributed by atoms with Gasteiger partial charge < -0.3 is 14.8 Å². The summed E-state index contributed by atoms with van der Waals surface area (Å²) in [6.45, 7) is 2.67. The van der Waals surface area contributed by atoms with Gasteiger partial charge >= 0.3 is 0 Å². The van der Waals surface area contributed by atoms with Crippen LogP contribution in [0.4, 0.5) is 5.82 Å². The molecule has 0 saturated carbocycles. The Bertz CT molecular complexity index is 691. The number of aromatic nitrogens is 2. The Morgan fingerprint density at radius 1 is 1.33 bits per heavy atom. The fraction of sp³-hybridized carbons (Fsp3) is 0.375. The van der Waals surface area contributed by atoms with E-state index < -0.39 is 0 Å². The van der Waals surface area contributed by atoms with E-state index in [2.05, 4.69) is 10.4 Å². The van der Waals surface area contributed by atoms with Crippen molar-refractivity contribution in [2.75, 3.05) is 32.2 Å². The van der Waals surface area contributed by atoms with Gasteiger partial charge in [0.1, 0.15) is 12.4 Å². The minimum absolute atomic E-state index is 0.0547. The van der Waals surface area contributed by atoms with Gasteiger partial charge in [0, 0.05) is 23.2 Å². The molecule has 8 heteroatoms. The first-order valence-electron chi connectivity index (χ1n) is 7.38. The molecule has 1 aromatic carbocycles. The van der Waals surface area contributed by atoms with Crippen LogP contribution in [0.25, 0.3) is 0 Å². The van der Waals surface area contributed by atoms with Crippen LogP contribution in [0.5, 0.6) is 0 Å². The number of methoxy groups -OCH3 is 1. The number of carbonyl (C=O) groups excluding carboxylic acids is 1. The first kappa shape index (κ1) is 18.7. The third-order valence-electron chi connectivity index (χ3n) is 3.38. The lowest BCUT2D eigenvalue weighted by Crippen LogP contribution is -2.22. The minimum Gasteiger partial charge on any atom is -0.382 e. The van der Waals surface area contributed by atoms with Gasteiger partial charge in [-0.1, -0.05) is 23.2 Å². The van der Waals surface area contributed by atoms with Gasteiger partial charge in [0.15, 0.2) is 0 Å². The van der Waals surface area contributed by atoms with Crippen LogP contribution >= 0.6 is 23.2 Å². The molecule has 1 atom stereocenters. The predicted octanol–water partition coefficient (Wildman–Crippen LogP) is 3.40. The number of halogens is 2. The first-order chi connectivity index (χ1) is 11.5. The summed E-state index contributed by atoms with van der Waals surface area (Å²) >= 11 is 12.3. The molecule has 0 saturated heterocycles. The van der Waals surface area contributed by atoms with Crippen molar-refractivity contribution in [2.45, 2.75) is 13.0 Å². The maximum Gasteiger partial charge on any atom is 0.251 e. The SMILES string of the molecule is COCCOCC(=O)Nc1ccnn1[C@@H](C)c1cc(Cl)ccc1Cl. The van der Waals surface area contributed by atoms with Crippen LogP contribution in [-0.2, 0) is 14.3 Å². The van der Waals surface area contributed by atoms with Crippen molar-refractivity contribution in [3.05, 3.63) is 46.1 Å². The number of benzene rings is 1. The van der Waals surface area contributed by atoms with Gasteiger partial charge in [-0.25, -0.2) is 4.68 Å². The topological polar surface area (TPSA) is 65.4 Å². The highest BCUT2D eigenvalue weighted by molar-refractivity contribution is 6.33. The Balaban J connectivity index is 2.06. The van der Waals surface area contributed by atoms with Crippen LogP contribution in [0.1, 0.15) is 18.5 Å². The Hall–Kier alpha value is -1.60. The molecule has 24 heavy (non-hydrogen) atoms. The van der Waals surface area contributed by atoms with Crippen molar-refractivity contribution in [1.82, 2.24) is 9.78 Å². The summed E-state index contributed by atoms with van der Waals surface area (Å²) in [6, 6.07) is 6.76. The molecule has 2 aromatic rings. The summed E-state index contributed by atoms with van der Waals surface area (Å²) < 4.78 is 11.7. The molecular weight excluding hydrogens is 353 g/mol. The lowest BCUT2D eigenvalue weighted by molar-refractivity contribution is -0.121. The molecule has 1 N–H and O–H groups in total. The van der Waals surface area contributed by atoms with Crippen LogP contribution in [0.2, 0.25) is 10.0 Å². The smallest absolute Gasteiger partial charge is 0.251 e. The van der Waals surface area contributed by atoms with E-state index in [0.29, 0.717) is 29.1 Å². The summed E-state index contributed by atoms with van der Waals surface area (Å²) in [6.07, 6.45) is 1.61. The quantitative estimate of drug-likeness (QED) is 0.722. The average Bonchev–Trinajstić information content (AvgIpc) is 3.01. The normalized spacial score (nSPS) is 12.2. The third-order valence-corrected chi connectivity index (χ3v) is 3.96. The highest BCUT2D eigenvalue weighted by Gasteiger charge is 2.17. The van der Waals surface area contributed by atoms with E-state index in [4.69, 9.17) is 32.7 Å². The molecule has 130 valence electrons. The molecule has 1 aromatic heterocycles. The fourth-order valence-electron chi connectivity index (χ4n) is 2.17. The van der Waals surface area contributed by atoms with Crippen LogP contribution in [0.15, 0.2) is 30.5 Å². The van der Waals surface area contributed by atoms with Gasteiger partial charge in [0.2, 0.25) is 0 Å². The molecule has 0 unspecified atom stereocenters. The molecule has 0 aliphatic rings. The van der Waals surface area contributed by atoms with Crippen molar-refractivity contribution in [3.8, 4) is 0 Å². The number of hydrogen-bond donors (Lipinski definition) is 1. The van der Waals surface area contributed by atoms with E-state index in [-0.39, 0.29) is 18.6 Å². The summed E-state index contributed by atoms with van der Waals surface area (Å²) in [4.78, 5) is 11.9. The van der Waals surface area contributed by atoms with E-state index in [0.717, 1.165) is 5.56 Å². The van der Waals surface area contributed by atoms with Gasteiger partial charge in [0.05, 0.1) is 25.5 Å². The molecule has 0 aliphatic heterocycles. The molecule has 0 spiro atoms. The van der Waals surface area contributed by atoms with Crippen LogP contribution in [0, 0.1) is 0 Å². The van der Waals surface area contributed by atoms with Crippen molar-refractivity contribution in [1.29, 1.82) is 0 Å². The van der Waals surface area contributed by atoms with Crippen LogP contribution < -0.4 is 5.32 Å². The van der Waals surface area contributed by atoms with E-state index in [1.54, 1.807) is 42.3 Å². The monoisotopic (exact) mass is 371 g/mol. The van der Waals surface area contributed by atoms with Crippen LogP contribution in [-0.4, -0.2) is 42.6 Å². The van der Waals surface area contributed by atoms with Gasteiger partial charge in [-0.05, 0) is 30.7 Å². The summed E-state index contributed by atoms with van der Waals surface area (Å²) in [7, 11) is 1.57. The van der Waals surface area contributed by atoms with E-state index in [1.165, 1.54) is 0 Å². The second-order valence-electron chi connectivity index (χ2n) is 5.10. The van der Waals surface area contributed by atoms with Gasteiger partial charge in [0.25, 0.3) is 5.91 Å². The minimum atomic E-state index is -0.266. The molecule has 0 radical (unpaired) electrons. The number of anilines is 1. The molecule has 0 aliphatic carbocycles. The molecule has 2 rings (SSSR count). The molecule has 0 bridgehead atoms. The molecule has 1 heterocycles. The lowest BCUT2D eigenvalue weighted by Gasteiger charge is -2.18. The fourth-order valence-corrected chi connectivity index (χ4v) is 2.63. The molecule has 1 amide bonds. The maximum atomic E-state index is 11.9. The van der Waals surface area contributed by atoms with Gasteiger partial charge in [-0.3, -0.25) is 4.79 Å². The van der Waals surface area contributed by atoms with E-state index in [9.17, 15) is 4.79 Å². The second-order valence-corrected chi connectivity index (χ2v) is 5.94. The third kappa shape index (κ3) is 4.95. The largest absolute Gasteiger partial charge is 0.382 e. The Labute approximate surface area is 150 Å². The maximum absolute atomic E-state index is 11.9. The molecular formula is C16H19Cl2N3O3. The molecule has 6 nitrogen and oxygen atoms in total. The number of carbonyl (C=O) groups is 1. The zero-order valence-corrected chi connectivity index (χ0v) is 15.0. The van der Waals surface area contributed by atoms with Crippen molar-refractivity contribution >= 4 is 34.9 Å². The number of rotatable bonds is 8. The van der Waals surface area contributed by atoms with Gasteiger partial charge in [-0.15, -0.1) is 0 Å². The standard InChI is InChI=1S/C16H19Cl2N3O3/c1-11(13-9-12(17)3-4-14(13)18)21-15(5-6-19-21)20-16(22)10-24-8-7-23-2/h3-6,9,11H,7-8,10H2,1-2H3,(H,20,22)/t11-/m0/s1.